The van der Waals surface area contributed by atoms with E-state index >= 15 is 0 Å². The Kier molecular flexibility index (Phi) is 4.44. The first kappa shape index (κ1) is 16.1. The van der Waals surface area contributed by atoms with E-state index < -0.39 is 0 Å². The number of benzene rings is 2. The highest BCUT2D eigenvalue weighted by molar-refractivity contribution is 7.98. The highest BCUT2D eigenvalue weighted by Gasteiger charge is 2.30. The highest BCUT2D eigenvalue weighted by Crippen LogP contribution is 2.40. The van der Waals surface area contributed by atoms with Crippen LogP contribution in [0.5, 0.6) is 5.75 Å². The quantitative estimate of drug-likeness (QED) is 0.607. The first-order valence-electron chi connectivity index (χ1n) is 8.22. The van der Waals surface area contributed by atoms with E-state index in [1.807, 2.05) is 41.1 Å². The summed E-state index contributed by atoms with van der Waals surface area (Å²) >= 11 is 1.52. The second-order valence-corrected chi connectivity index (χ2v) is 6.97. The summed E-state index contributed by atoms with van der Waals surface area (Å²) in [7, 11) is 1.46. The molecular weight excluding hydrogens is 337 g/mol. The summed E-state index contributed by atoms with van der Waals surface area (Å²) in [6.45, 7) is 0. The molecule has 4 nitrogen and oxygen atoms in total. The van der Waals surface area contributed by atoms with Gasteiger partial charge in [-0.2, -0.15) is 0 Å². The molecular formula is C19H18FN3OS. The van der Waals surface area contributed by atoms with Crippen LogP contribution in [-0.4, -0.2) is 21.9 Å². The zero-order valence-electron chi connectivity index (χ0n) is 13.9. The first-order chi connectivity index (χ1) is 12.2. The number of aromatic nitrogens is 3. The predicted octanol–water partition coefficient (Wildman–Crippen LogP) is 4.58. The smallest absolute Gasteiger partial charge is 0.209 e. The zero-order valence-corrected chi connectivity index (χ0v) is 14.7. The lowest BCUT2D eigenvalue weighted by Crippen LogP contribution is -2.01. The van der Waals surface area contributed by atoms with Gasteiger partial charge in [0.2, 0.25) is 5.16 Å². The molecule has 25 heavy (non-hydrogen) atoms. The second-order valence-electron chi connectivity index (χ2n) is 6.03. The molecule has 0 saturated heterocycles. The summed E-state index contributed by atoms with van der Waals surface area (Å²) in [6, 6.07) is 15.1. The molecule has 0 aliphatic heterocycles. The number of hydrogen-bond donors (Lipinski definition) is 0. The van der Waals surface area contributed by atoms with Gasteiger partial charge in [-0.1, -0.05) is 36.0 Å². The van der Waals surface area contributed by atoms with Crippen LogP contribution in [0.25, 0.3) is 5.69 Å². The van der Waals surface area contributed by atoms with Crippen molar-refractivity contribution in [1.82, 2.24) is 14.8 Å². The summed E-state index contributed by atoms with van der Waals surface area (Å²) in [4.78, 5) is 4.72. The third kappa shape index (κ3) is 3.54. The maximum atomic E-state index is 13.8. The van der Waals surface area contributed by atoms with Crippen LogP contribution in [0.2, 0.25) is 0 Å². The van der Waals surface area contributed by atoms with Crippen molar-refractivity contribution in [3.8, 4) is 11.4 Å². The van der Waals surface area contributed by atoms with Gasteiger partial charge in [0.25, 0.3) is 0 Å². The molecule has 2 aromatic carbocycles. The van der Waals surface area contributed by atoms with Gasteiger partial charge in [-0.05, 0) is 42.7 Å². The van der Waals surface area contributed by atoms with Gasteiger partial charge in [0.1, 0.15) is 5.82 Å². The zero-order chi connectivity index (χ0) is 17.2. The van der Waals surface area contributed by atoms with E-state index in [9.17, 15) is 4.39 Å². The van der Waals surface area contributed by atoms with E-state index in [0.717, 1.165) is 22.2 Å². The molecule has 1 aliphatic rings. The van der Waals surface area contributed by atoms with Crippen LogP contribution in [0.4, 0.5) is 4.39 Å². The molecule has 1 fully saturated rings. The molecule has 0 atom stereocenters. The number of para-hydroxylation sites is 1. The normalized spacial score (nSPS) is 13.8. The van der Waals surface area contributed by atoms with E-state index in [1.54, 1.807) is 6.07 Å². The maximum absolute atomic E-state index is 13.8. The lowest BCUT2D eigenvalue weighted by atomic mass is 10.2. The van der Waals surface area contributed by atoms with Crippen LogP contribution in [-0.2, 0) is 5.75 Å². The van der Waals surface area contributed by atoms with Crippen molar-refractivity contribution in [2.45, 2.75) is 29.7 Å². The van der Waals surface area contributed by atoms with Gasteiger partial charge in [-0.25, -0.2) is 14.1 Å². The lowest BCUT2D eigenvalue weighted by Gasteiger charge is -2.04. The third-order valence-corrected chi connectivity index (χ3v) is 5.05. The molecule has 128 valence electrons. The Morgan fingerprint density at radius 2 is 2.00 bits per heavy atom. The topological polar surface area (TPSA) is 39.9 Å². The van der Waals surface area contributed by atoms with Crippen LogP contribution >= 0.6 is 11.8 Å². The molecule has 1 heterocycles. The SMILES string of the molecule is COc1ccc(CSc2nc(C3CC3)n(-c3ccccc3)n2)cc1F. The van der Waals surface area contributed by atoms with Gasteiger partial charge < -0.3 is 4.74 Å². The Labute approximate surface area is 150 Å². The summed E-state index contributed by atoms with van der Waals surface area (Å²) in [5.74, 6) is 2.05. The van der Waals surface area contributed by atoms with Crippen molar-refractivity contribution < 1.29 is 9.13 Å². The Morgan fingerprint density at radius 3 is 2.68 bits per heavy atom. The van der Waals surface area contributed by atoms with Crippen LogP contribution in [0.1, 0.15) is 30.1 Å². The fourth-order valence-electron chi connectivity index (χ4n) is 2.68. The Morgan fingerprint density at radius 1 is 1.20 bits per heavy atom. The monoisotopic (exact) mass is 355 g/mol. The minimum absolute atomic E-state index is 0.260. The number of hydrogen-bond acceptors (Lipinski definition) is 4. The van der Waals surface area contributed by atoms with Gasteiger partial charge in [-0.15, -0.1) is 5.10 Å². The van der Waals surface area contributed by atoms with Crippen molar-refractivity contribution in [2.24, 2.45) is 0 Å². The molecule has 0 spiro atoms. The second kappa shape index (κ2) is 6.88. The molecule has 0 amide bonds. The van der Waals surface area contributed by atoms with Crippen LogP contribution in [0.3, 0.4) is 0 Å². The Hall–Kier alpha value is -2.34. The first-order valence-corrected chi connectivity index (χ1v) is 9.21. The number of ether oxygens (including phenoxy) is 1. The highest BCUT2D eigenvalue weighted by atomic mass is 32.2. The predicted molar refractivity (Wildman–Crippen MR) is 95.8 cm³/mol. The number of thioether (sulfide) groups is 1. The summed E-state index contributed by atoms with van der Waals surface area (Å²) in [6.07, 6.45) is 2.33. The van der Waals surface area contributed by atoms with Crippen LogP contribution in [0, 0.1) is 5.82 Å². The van der Waals surface area contributed by atoms with Gasteiger partial charge in [0.05, 0.1) is 12.8 Å². The Bertz CT molecular complexity index is 878. The molecule has 0 bridgehead atoms. The minimum atomic E-state index is -0.345. The number of methoxy groups -OCH3 is 1. The van der Waals surface area contributed by atoms with Gasteiger partial charge in [0.15, 0.2) is 11.6 Å². The molecule has 1 aliphatic carbocycles. The summed E-state index contributed by atoms with van der Waals surface area (Å²) in [5, 5.41) is 5.39. The fraction of sp³-hybridized carbons (Fsp3) is 0.263. The number of nitrogens with zero attached hydrogens (tertiary/aromatic N) is 3. The van der Waals surface area contributed by atoms with Crippen LogP contribution in [0.15, 0.2) is 53.7 Å². The largest absolute Gasteiger partial charge is 0.494 e. The lowest BCUT2D eigenvalue weighted by molar-refractivity contribution is 0.386. The molecule has 1 saturated carbocycles. The molecule has 4 rings (SSSR count). The third-order valence-electron chi connectivity index (χ3n) is 4.14. The summed E-state index contributed by atoms with van der Waals surface area (Å²) in [5.41, 5.74) is 1.91. The number of rotatable bonds is 6. The van der Waals surface area contributed by atoms with E-state index in [2.05, 4.69) is 5.10 Å². The summed E-state index contributed by atoms with van der Waals surface area (Å²) < 4.78 is 20.7. The molecule has 1 aromatic heterocycles. The Balaban J connectivity index is 1.54. The van der Waals surface area contributed by atoms with Crippen molar-refractivity contribution in [3.05, 3.63) is 65.7 Å². The number of halogens is 1. The molecule has 0 radical (unpaired) electrons. The van der Waals surface area contributed by atoms with Crippen molar-refractivity contribution in [3.63, 3.8) is 0 Å². The van der Waals surface area contributed by atoms with Crippen molar-refractivity contribution in [2.75, 3.05) is 7.11 Å². The minimum Gasteiger partial charge on any atom is -0.494 e. The molecule has 0 N–H and O–H groups in total. The van der Waals surface area contributed by atoms with Crippen molar-refractivity contribution in [1.29, 1.82) is 0 Å². The van der Waals surface area contributed by atoms with Gasteiger partial charge in [-0.3, -0.25) is 0 Å². The fourth-order valence-corrected chi connectivity index (χ4v) is 3.45. The molecule has 0 unspecified atom stereocenters. The van der Waals surface area contributed by atoms with Gasteiger partial charge in [0, 0.05) is 11.7 Å². The maximum Gasteiger partial charge on any atom is 0.209 e. The van der Waals surface area contributed by atoms with Crippen molar-refractivity contribution >= 4 is 11.8 Å². The molecule has 3 aromatic rings. The average molecular weight is 355 g/mol. The standard InChI is InChI=1S/C19H18FN3OS/c1-24-17-10-7-13(11-16(17)20)12-25-19-21-18(14-8-9-14)23(22-19)15-5-3-2-4-6-15/h2-7,10-11,14H,8-9,12H2,1H3. The van der Waals surface area contributed by atoms with E-state index in [-0.39, 0.29) is 11.6 Å². The van der Waals surface area contributed by atoms with Crippen LogP contribution < -0.4 is 4.74 Å². The van der Waals surface area contributed by atoms with E-state index in [1.165, 1.54) is 37.8 Å². The van der Waals surface area contributed by atoms with Gasteiger partial charge >= 0.3 is 0 Å². The average Bonchev–Trinajstić information content (AvgIpc) is 3.40. The van der Waals surface area contributed by atoms with E-state index in [4.69, 9.17) is 9.72 Å². The molecule has 6 heteroatoms. The van der Waals surface area contributed by atoms with E-state index in [0.29, 0.717) is 11.7 Å².